The molecular formula is C11H9F3N2O. The summed E-state index contributed by atoms with van der Waals surface area (Å²) in [4.78, 5) is 3.87. The molecule has 0 unspecified atom stereocenters. The van der Waals surface area contributed by atoms with Crippen LogP contribution in [0.15, 0.2) is 24.3 Å². The number of para-hydroxylation sites is 1. The molecule has 0 bridgehead atoms. The van der Waals surface area contributed by atoms with Crippen LogP contribution >= 0.6 is 0 Å². The van der Waals surface area contributed by atoms with Crippen LogP contribution in [0.1, 0.15) is 5.56 Å². The number of pyridine rings is 1. The van der Waals surface area contributed by atoms with Gasteiger partial charge in [-0.3, -0.25) is 0 Å². The number of fused-ring (bicyclic) bond motifs is 1. The third kappa shape index (κ3) is 1.98. The molecule has 3 nitrogen and oxygen atoms in total. The van der Waals surface area contributed by atoms with Gasteiger partial charge in [-0.25, -0.2) is 4.98 Å². The van der Waals surface area contributed by atoms with E-state index in [1.165, 1.54) is 25.3 Å². The second-order valence-corrected chi connectivity index (χ2v) is 3.45. The molecule has 0 spiro atoms. The number of halogens is 3. The third-order valence-electron chi connectivity index (χ3n) is 2.35. The monoisotopic (exact) mass is 242 g/mol. The van der Waals surface area contributed by atoms with Gasteiger partial charge in [-0.2, -0.15) is 13.2 Å². The summed E-state index contributed by atoms with van der Waals surface area (Å²) in [5, 5.41) is -0.0222. The molecule has 0 radical (unpaired) electrons. The van der Waals surface area contributed by atoms with Crippen LogP contribution in [0, 0.1) is 0 Å². The maximum atomic E-state index is 12.8. The van der Waals surface area contributed by atoms with E-state index >= 15 is 0 Å². The quantitative estimate of drug-likeness (QED) is 0.836. The first-order valence-corrected chi connectivity index (χ1v) is 4.74. The maximum Gasteiger partial charge on any atom is 0.417 e. The predicted octanol–water partition coefficient (Wildman–Crippen LogP) is 2.84. The molecule has 0 fully saturated rings. The van der Waals surface area contributed by atoms with Gasteiger partial charge in [0.1, 0.15) is 17.1 Å². The van der Waals surface area contributed by atoms with Crippen LogP contribution in [0.25, 0.3) is 10.9 Å². The number of anilines is 1. The Morgan fingerprint density at radius 1 is 1.29 bits per heavy atom. The Labute approximate surface area is 95.0 Å². The Kier molecular flexibility index (Phi) is 2.57. The summed E-state index contributed by atoms with van der Waals surface area (Å²) >= 11 is 0. The zero-order valence-electron chi connectivity index (χ0n) is 8.88. The first kappa shape index (κ1) is 11.5. The molecule has 0 aliphatic heterocycles. The maximum absolute atomic E-state index is 12.8. The van der Waals surface area contributed by atoms with E-state index in [1.54, 1.807) is 0 Å². The number of aromatic nitrogens is 1. The molecule has 2 aromatic rings. The Morgan fingerprint density at radius 3 is 2.59 bits per heavy atom. The molecule has 17 heavy (non-hydrogen) atoms. The van der Waals surface area contributed by atoms with Crippen LogP contribution in [0.2, 0.25) is 0 Å². The summed E-state index contributed by atoms with van der Waals surface area (Å²) in [6.07, 6.45) is -4.47. The van der Waals surface area contributed by atoms with Gasteiger partial charge in [-0.1, -0.05) is 12.1 Å². The number of rotatable bonds is 1. The van der Waals surface area contributed by atoms with Crippen molar-refractivity contribution in [3.8, 4) is 5.75 Å². The van der Waals surface area contributed by atoms with Crippen molar-refractivity contribution in [3.63, 3.8) is 0 Å². The van der Waals surface area contributed by atoms with Gasteiger partial charge < -0.3 is 10.5 Å². The molecule has 0 amide bonds. The van der Waals surface area contributed by atoms with E-state index in [4.69, 9.17) is 10.5 Å². The van der Waals surface area contributed by atoms with Crippen molar-refractivity contribution in [1.82, 2.24) is 4.98 Å². The fourth-order valence-electron chi connectivity index (χ4n) is 1.64. The van der Waals surface area contributed by atoms with E-state index in [1.807, 2.05) is 0 Å². The highest BCUT2D eigenvalue weighted by Gasteiger charge is 2.33. The first-order chi connectivity index (χ1) is 7.93. The number of benzene rings is 1. The minimum absolute atomic E-state index is 0.0222. The third-order valence-corrected chi connectivity index (χ3v) is 2.35. The van der Waals surface area contributed by atoms with Crippen molar-refractivity contribution in [2.45, 2.75) is 6.18 Å². The predicted molar refractivity (Wildman–Crippen MR) is 57.7 cm³/mol. The van der Waals surface area contributed by atoms with Crippen molar-refractivity contribution in [2.75, 3.05) is 12.8 Å². The van der Waals surface area contributed by atoms with Crippen molar-refractivity contribution >= 4 is 16.7 Å². The number of nitrogens with two attached hydrogens (primary N) is 1. The van der Waals surface area contributed by atoms with Crippen LogP contribution in [0.5, 0.6) is 5.75 Å². The Balaban J connectivity index is 2.86. The summed E-state index contributed by atoms with van der Waals surface area (Å²) < 4.78 is 43.4. The zero-order valence-corrected chi connectivity index (χ0v) is 8.88. The summed E-state index contributed by atoms with van der Waals surface area (Å²) in [6, 6.07) is 5.18. The molecule has 0 aliphatic rings. The second kappa shape index (κ2) is 3.80. The lowest BCUT2D eigenvalue weighted by molar-refractivity contribution is -0.136. The van der Waals surface area contributed by atoms with Gasteiger partial charge >= 0.3 is 6.18 Å². The second-order valence-electron chi connectivity index (χ2n) is 3.45. The van der Waals surface area contributed by atoms with Gasteiger partial charge in [0, 0.05) is 5.39 Å². The van der Waals surface area contributed by atoms with Crippen molar-refractivity contribution in [1.29, 1.82) is 0 Å². The number of nitrogens with zero attached hydrogens (tertiary/aromatic N) is 1. The van der Waals surface area contributed by atoms with E-state index in [0.717, 1.165) is 6.07 Å². The van der Waals surface area contributed by atoms with E-state index in [2.05, 4.69) is 4.98 Å². The smallest absolute Gasteiger partial charge is 0.417 e. The van der Waals surface area contributed by atoms with Gasteiger partial charge in [0.2, 0.25) is 0 Å². The molecule has 0 saturated heterocycles. The summed E-state index contributed by atoms with van der Waals surface area (Å²) in [5.41, 5.74) is 4.68. The largest absolute Gasteiger partial charge is 0.494 e. The molecule has 90 valence electrons. The van der Waals surface area contributed by atoms with Crippen LogP contribution in [-0.2, 0) is 6.18 Å². The van der Waals surface area contributed by atoms with Gasteiger partial charge in [-0.15, -0.1) is 0 Å². The number of hydrogen-bond acceptors (Lipinski definition) is 3. The highest BCUT2D eigenvalue weighted by molar-refractivity contribution is 5.89. The van der Waals surface area contributed by atoms with Crippen molar-refractivity contribution in [2.24, 2.45) is 0 Å². The fraction of sp³-hybridized carbons (Fsp3) is 0.182. The molecule has 0 aliphatic carbocycles. The summed E-state index contributed by atoms with van der Waals surface area (Å²) in [7, 11) is 1.37. The molecule has 6 heteroatoms. The molecule has 2 N–H and O–H groups in total. The lowest BCUT2D eigenvalue weighted by Crippen LogP contribution is -2.08. The van der Waals surface area contributed by atoms with Gasteiger partial charge in [-0.05, 0) is 12.1 Å². The summed E-state index contributed by atoms with van der Waals surface area (Å²) in [5.74, 6) is 0.0784. The minimum Gasteiger partial charge on any atom is -0.494 e. The van der Waals surface area contributed by atoms with E-state index in [-0.39, 0.29) is 22.5 Å². The lowest BCUT2D eigenvalue weighted by atomic mass is 10.1. The van der Waals surface area contributed by atoms with Crippen molar-refractivity contribution < 1.29 is 17.9 Å². The minimum atomic E-state index is -4.47. The number of nitrogen functional groups attached to an aromatic ring is 1. The summed E-state index contributed by atoms with van der Waals surface area (Å²) in [6.45, 7) is 0. The molecule has 2 rings (SSSR count). The van der Waals surface area contributed by atoms with Crippen LogP contribution in [0.4, 0.5) is 19.0 Å². The Morgan fingerprint density at radius 2 is 2.00 bits per heavy atom. The topological polar surface area (TPSA) is 48.1 Å². The van der Waals surface area contributed by atoms with Crippen LogP contribution in [0.3, 0.4) is 0 Å². The first-order valence-electron chi connectivity index (χ1n) is 4.74. The molecule has 0 saturated carbocycles. The van der Waals surface area contributed by atoms with Gasteiger partial charge in [0.25, 0.3) is 0 Å². The normalized spacial score (nSPS) is 11.8. The molecule has 1 heterocycles. The average molecular weight is 242 g/mol. The average Bonchev–Trinajstić information content (AvgIpc) is 2.26. The molecular weight excluding hydrogens is 233 g/mol. The lowest BCUT2D eigenvalue weighted by Gasteiger charge is -2.12. The van der Waals surface area contributed by atoms with Crippen LogP contribution < -0.4 is 10.5 Å². The Hall–Kier alpha value is -1.98. The van der Waals surface area contributed by atoms with E-state index in [0.29, 0.717) is 0 Å². The van der Waals surface area contributed by atoms with Crippen molar-refractivity contribution in [3.05, 3.63) is 29.8 Å². The number of hydrogen-bond donors (Lipinski definition) is 1. The van der Waals surface area contributed by atoms with E-state index < -0.39 is 11.7 Å². The molecule has 0 atom stereocenters. The van der Waals surface area contributed by atoms with E-state index in [9.17, 15) is 13.2 Å². The highest BCUT2D eigenvalue weighted by atomic mass is 19.4. The zero-order chi connectivity index (χ0) is 12.6. The SMILES string of the molecule is COc1cccc2c(C(F)(F)F)cc(N)nc12. The molecule has 1 aromatic carbocycles. The number of ether oxygens (including phenoxy) is 1. The van der Waals surface area contributed by atoms with Crippen LogP contribution in [-0.4, -0.2) is 12.1 Å². The standard InChI is InChI=1S/C11H9F3N2O/c1-17-8-4-2-3-6-7(11(12,13)14)5-9(15)16-10(6)8/h2-5H,1H3,(H2,15,16). The van der Waals surface area contributed by atoms with Gasteiger partial charge in [0.05, 0.1) is 12.7 Å². The fourth-order valence-corrected chi connectivity index (χ4v) is 1.64. The molecule has 1 aromatic heterocycles. The number of methoxy groups -OCH3 is 1. The Bertz CT molecular complexity index is 566. The van der Waals surface area contributed by atoms with Gasteiger partial charge in [0.15, 0.2) is 0 Å². The highest BCUT2D eigenvalue weighted by Crippen LogP contribution is 2.37. The number of alkyl halides is 3.